The lowest BCUT2D eigenvalue weighted by atomic mass is 9.77. The molecular formula is C29H38N2O6. The number of hydrogen-bond acceptors (Lipinski definition) is 5. The Hall–Kier alpha value is -3.39. The third kappa shape index (κ3) is 6.31. The Labute approximate surface area is 219 Å². The number of Topliss-reactive ketones (excluding diaryl/α,β-unsaturated/α-hetero) is 1. The molecule has 1 saturated carbocycles. The number of carboxylic acid groups (broad SMARTS) is 1. The zero-order chi connectivity index (χ0) is 27.2. The first-order valence-electron chi connectivity index (χ1n) is 12.9. The molecule has 2 atom stereocenters. The highest BCUT2D eigenvalue weighted by Gasteiger charge is 2.46. The van der Waals surface area contributed by atoms with Gasteiger partial charge < -0.3 is 24.8 Å². The molecule has 2 aromatic rings. The normalized spacial score (nSPS) is 15.7. The second kappa shape index (κ2) is 12.2. The Kier molecular flexibility index (Phi) is 9.32. The highest BCUT2D eigenvalue weighted by atomic mass is 16.5. The Morgan fingerprint density at radius 1 is 1.11 bits per heavy atom. The minimum Gasteiger partial charge on any atom is -0.493 e. The summed E-state index contributed by atoms with van der Waals surface area (Å²) in [5.74, 6) is -0.610. The highest BCUT2D eigenvalue weighted by Crippen LogP contribution is 2.35. The molecule has 0 bridgehead atoms. The molecule has 1 aliphatic rings. The molecule has 0 unspecified atom stereocenters. The molecule has 2 N–H and O–H groups in total. The van der Waals surface area contributed by atoms with Gasteiger partial charge in [-0.2, -0.15) is 0 Å². The number of carbonyl (C=O) groups is 3. The summed E-state index contributed by atoms with van der Waals surface area (Å²) in [6.07, 6.45) is 1.39. The molecular weight excluding hydrogens is 472 g/mol. The summed E-state index contributed by atoms with van der Waals surface area (Å²) in [4.78, 5) is 39.2. The van der Waals surface area contributed by atoms with E-state index in [1.165, 1.54) is 6.92 Å². The van der Waals surface area contributed by atoms with Gasteiger partial charge >= 0.3 is 12.0 Å². The Morgan fingerprint density at radius 3 is 2.32 bits per heavy atom. The van der Waals surface area contributed by atoms with Gasteiger partial charge in [-0.1, -0.05) is 36.4 Å². The lowest BCUT2D eigenvalue weighted by Gasteiger charge is -2.41. The van der Waals surface area contributed by atoms with Gasteiger partial charge in [0.15, 0.2) is 5.78 Å². The molecule has 200 valence electrons. The maximum Gasteiger partial charge on any atom is 0.329 e. The van der Waals surface area contributed by atoms with Gasteiger partial charge in [0.25, 0.3) is 0 Å². The van der Waals surface area contributed by atoms with Gasteiger partial charge in [-0.05, 0) is 76.6 Å². The van der Waals surface area contributed by atoms with E-state index in [0.29, 0.717) is 30.8 Å². The predicted molar refractivity (Wildman–Crippen MR) is 141 cm³/mol. The molecule has 3 rings (SSSR count). The second-order valence-corrected chi connectivity index (χ2v) is 9.61. The van der Waals surface area contributed by atoms with Crippen molar-refractivity contribution in [2.24, 2.45) is 0 Å². The van der Waals surface area contributed by atoms with Gasteiger partial charge in [0.2, 0.25) is 0 Å². The Morgan fingerprint density at radius 2 is 1.78 bits per heavy atom. The molecule has 0 heterocycles. The smallest absolute Gasteiger partial charge is 0.329 e. The van der Waals surface area contributed by atoms with Crippen LogP contribution in [0.5, 0.6) is 5.75 Å². The van der Waals surface area contributed by atoms with Crippen molar-refractivity contribution in [3.8, 4) is 5.75 Å². The van der Waals surface area contributed by atoms with Gasteiger partial charge in [0.1, 0.15) is 11.3 Å². The molecule has 0 aliphatic heterocycles. The number of hydrogen-bond donors (Lipinski definition) is 2. The van der Waals surface area contributed by atoms with Gasteiger partial charge in [-0.3, -0.25) is 4.79 Å². The van der Waals surface area contributed by atoms with Crippen molar-refractivity contribution in [2.75, 3.05) is 19.8 Å². The summed E-state index contributed by atoms with van der Waals surface area (Å²) in [7, 11) is 0. The summed E-state index contributed by atoms with van der Waals surface area (Å²) in [6.45, 7) is 9.97. The third-order valence-electron chi connectivity index (χ3n) is 7.23. The number of benzene rings is 2. The topological polar surface area (TPSA) is 105 Å². The van der Waals surface area contributed by atoms with E-state index in [-0.39, 0.29) is 25.0 Å². The number of urea groups is 1. The predicted octanol–water partition coefficient (Wildman–Crippen LogP) is 5.45. The monoisotopic (exact) mass is 510 g/mol. The fourth-order valence-corrected chi connectivity index (χ4v) is 4.75. The second-order valence-electron chi connectivity index (χ2n) is 9.61. The van der Waals surface area contributed by atoms with Crippen LogP contribution >= 0.6 is 0 Å². The van der Waals surface area contributed by atoms with Crippen molar-refractivity contribution >= 4 is 17.8 Å². The van der Waals surface area contributed by atoms with E-state index < -0.39 is 23.6 Å². The largest absolute Gasteiger partial charge is 0.493 e. The van der Waals surface area contributed by atoms with Crippen molar-refractivity contribution in [2.45, 2.75) is 71.6 Å². The van der Waals surface area contributed by atoms with Gasteiger partial charge in [-0.15, -0.1) is 0 Å². The molecule has 1 fully saturated rings. The molecule has 0 aromatic heterocycles. The molecule has 2 amide bonds. The number of carbonyl (C=O) groups excluding carboxylic acids is 2. The number of ketones is 1. The summed E-state index contributed by atoms with van der Waals surface area (Å²) in [5, 5.41) is 12.5. The first-order chi connectivity index (χ1) is 17.6. The SMILES string of the molecule is CCOc1c(C(C)=O)ccc([C@@H](C)N(CCO[C@@H](C)c2ccccc2)C(=O)NC2(C(=O)O)CCC2)c1C. The van der Waals surface area contributed by atoms with E-state index in [1.807, 2.05) is 64.1 Å². The van der Waals surface area contributed by atoms with Crippen LogP contribution in [0.2, 0.25) is 0 Å². The molecule has 0 radical (unpaired) electrons. The van der Waals surface area contributed by atoms with Crippen molar-refractivity contribution < 1.29 is 29.0 Å². The maximum absolute atomic E-state index is 13.5. The van der Waals surface area contributed by atoms with Crippen LogP contribution in [0.15, 0.2) is 42.5 Å². The zero-order valence-electron chi connectivity index (χ0n) is 22.4. The Bertz CT molecular complexity index is 1110. The van der Waals surface area contributed by atoms with Crippen LogP contribution < -0.4 is 10.1 Å². The fraction of sp³-hybridized carbons (Fsp3) is 0.483. The van der Waals surface area contributed by atoms with Gasteiger partial charge in [0.05, 0.1) is 30.9 Å². The minimum atomic E-state index is -1.24. The van der Waals surface area contributed by atoms with Crippen LogP contribution in [0.25, 0.3) is 0 Å². The first kappa shape index (κ1) is 28.2. The van der Waals surface area contributed by atoms with Crippen molar-refractivity contribution in [3.05, 3.63) is 64.7 Å². The van der Waals surface area contributed by atoms with Crippen LogP contribution in [0.4, 0.5) is 4.79 Å². The fourth-order valence-electron chi connectivity index (χ4n) is 4.75. The number of nitrogens with one attached hydrogen (secondary N) is 1. The number of carboxylic acids is 1. The third-order valence-corrected chi connectivity index (χ3v) is 7.23. The van der Waals surface area contributed by atoms with E-state index in [4.69, 9.17) is 9.47 Å². The molecule has 2 aromatic carbocycles. The van der Waals surface area contributed by atoms with Gasteiger partial charge in [-0.25, -0.2) is 9.59 Å². The molecule has 8 nitrogen and oxygen atoms in total. The summed E-state index contributed by atoms with van der Waals surface area (Å²) < 4.78 is 11.9. The average molecular weight is 511 g/mol. The first-order valence-corrected chi connectivity index (χ1v) is 12.9. The van der Waals surface area contributed by atoms with E-state index >= 15 is 0 Å². The van der Waals surface area contributed by atoms with Crippen molar-refractivity contribution in [3.63, 3.8) is 0 Å². The summed E-state index contributed by atoms with van der Waals surface area (Å²) in [5.41, 5.74) is 1.87. The van der Waals surface area contributed by atoms with Crippen LogP contribution in [0.3, 0.4) is 0 Å². The maximum atomic E-state index is 13.5. The van der Waals surface area contributed by atoms with Crippen LogP contribution in [0.1, 0.15) is 86.2 Å². The van der Waals surface area contributed by atoms with Crippen LogP contribution in [0, 0.1) is 6.92 Å². The number of rotatable bonds is 12. The lowest BCUT2D eigenvalue weighted by Crippen LogP contribution is -2.62. The zero-order valence-corrected chi connectivity index (χ0v) is 22.4. The molecule has 8 heteroatoms. The summed E-state index contributed by atoms with van der Waals surface area (Å²) >= 11 is 0. The van der Waals surface area contributed by atoms with E-state index in [0.717, 1.165) is 23.1 Å². The van der Waals surface area contributed by atoms with E-state index in [1.54, 1.807) is 11.0 Å². The van der Waals surface area contributed by atoms with Gasteiger partial charge in [0, 0.05) is 6.54 Å². The molecule has 0 spiro atoms. The Balaban J connectivity index is 1.87. The summed E-state index contributed by atoms with van der Waals surface area (Å²) in [6, 6.07) is 12.5. The van der Waals surface area contributed by atoms with E-state index in [2.05, 4.69) is 5.32 Å². The lowest BCUT2D eigenvalue weighted by molar-refractivity contribution is -0.148. The molecule has 1 aliphatic carbocycles. The average Bonchev–Trinajstić information content (AvgIpc) is 2.84. The van der Waals surface area contributed by atoms with Crippen molar-refractivity contribution in [1.29, 1.82) is 0 Å². The number of nitrogens with zero attached hydrogens (tertiary/aromatic N) is 1. The number of aliphatic carboxylic acids is 1. The van der Waals surface area contributed by atoms with E-state index in [9.17, 15) is 19.5 Å². The number of amides is 2. The standard InChI is InChI=1S/C29H38N2O6/c1-6-36-26-19(2)24(13-14-25(26)21(4)32)20(3)31(28(35)30-29(27(33)34)15-10-16-29)17-18-37-22(5)23-11-8-7-9-12-23/h7-9,11-14,20,22H,6,10,15-18H2,1-5H3,(H,30,35)(H,33,34)/t20-,22+/m1/s1. The van der Waals surface area contributed by atoms with Crippen LogP contribution in [-0.4, -0.2) is 53.1 Å². The molecule has 37 heavy (non-hydrogen) atoms. The quantitative estimate of drug-likeness (QED) is 0.368. The van der Waals surface area contributed by atoms with Crippen LogP contribution in [-0.2, 0) is 9.53 Å². The van der Waals surface area contributed by atoms with Crippen molar-refractivity contribution in [1.82, 2.24) is 10.2 Å². The number of ether oxygens (including phenoxy) is 2. The molecule has 0 saturated heterocycles. The minimum absolute atomic E-state index is 0.1000. The highest BCUT2D eigenvalue weighted by molar-refractivity contribution is 5.97.